The van der Waals surface area contributed by atoms with Crippen LogP contribution in [0.15, 0.2) is 42.6 Å². The number of aromatic nitrogens is 4. The molecule has 12 heteroatoms. The Kier molecular flexibility index (Phi) is 6.35. The summed E-state index contributed by atoms with van der Waals surface area (Å²) in [7, 11) is 1.58. The van der Waals surface area contributed by atoms with Gasteiger partial charge in [0.1, 0.15) is 12.3 Å². The summed E-state index contributed by atoms with van der Waals surface area (Å²) in [5, 5.41) is 7.78. The predicted molar refractivity (Wildman–Crippen MR) is 124 cm³/mol. The van der Waals surface area contributed by atoms with E-state index in [4.69, 9.17) is 21.1 Å². The lowest BCUT2D eigenvalue weighted by Gasteiger charge is -2.39. The first-order valence-electron chi connectivity index (χ1n) is 11.2. The molecule has 0 spiro atoms. The van der Waals surface area contributed by atoms with E-state index in [1.54, 1.807) is 31.5 Å². The lowest BCUT2D eigenvalue weighted by Crippen LogP contribution is -2.48. The van der Waals surface area contributed by atoms with E-state index < -0.39 is 12.7 Å². The Morgan fingerprint density at radius 1 is 1.14 bits per heavy atom. The molecule has 2 atom stereocenters. The van der Waals surface area contributed by atoms with E-state index in [1.165, 1.54) is 6.07 Å². The summed E-state index contributed by atoms with van der Waals surface area (Å²) in [6.45, 7) is 0.291. The molecule has 3 heterocycles. The highest BCUT2D eigenvalue weighted by Crippen LogP contribution is 2.40. The fourth-order valence-electron chi connectivity index (χ4n) is 4.90. The molecule has 2 aromatic heterocycles. The van der Waals surface area contributed by atoms with Crippen molar-refractivity contribution in [1.82, 2.24) is 19.7 Å². The van der Waals surface area contributed by atoms with Crippen LogP contribution in [0.2, 0.25) is 5.02 Å². The van der Waals surface area contributed by atoms with Gasteiger partial charge in [-0.3, -0.25) is 0 Å². The minimum Gasteiger partial charge on any atom is -0.481 e. The van der Waals surface area contributed by atoms with Gasteiger partial charge in [0.2, 0.25) is 11.8 Å². The average Bonchev–Trinajstić information content (AvgIpc) is 3.26. The van der Waals surface area contributed by atoms with Gasteiger partial charge in [0.15, 0.2) is 0 Å². The number of fused-ring (bicyclic) bond motifs is 2. The first-order chi connectivity index (χ1) is 16.8. The summed E-state index contributed by atoms with van der Waals surface area (Å²) < 4.78 is 51.1. The number of hydrogen-bond donors (Lipinski definition) is 1. The molecule has 35 heavy (non-hydrogen) atoms. The van der Waals surface area contributed by atoms with Crippen molar-refractivity contribution in [2.45, 2.75) is 31.6 Å². The second-order valence-electron chi connectivity index (χ2n) is 8.78. The van der Waals surface area contributed by atoms with Crippen molar-refractivity contribution in [3.05, 3.63) is 47.6 Å². The van der Waals surface area contributed by atoms with Gasteiger partial charge in [0, 0.05) is 42.1 Å². The zero-order valence-corrected chi connectivity index (χ0v) is 19.6. The van der Waals surface area contributed by atoms with Crippen molar-refractivity contribution >= 4 is 23.2 Å². The van der Waals surface area contributed by atoms with Crippen LogP contribution in [0.4, 0.5) is 24.8 Å². The van der Waals surface area contributed by atoms with Crippen LogP contribution < -0.4 is 19.7 Å². The fraction of sp³-hybridized carbons (Fsp3) is 0.435. The Balaban J connectivity index is 1.33. The van der Waals surface area contributed by atoms with Crippen molar-refractivity contribution < 1.29 is 22.6 Å². The number of anilines is 2. The number of hydrogen-bond acceptors (Lipinski definition) is 7. The number of methoxy groups -OCH3 is 1. The number of nitrogens with one attached hydrogen (secondary N) is 1. The van der Waals surface area contributed by atoms with Gasteiger partial charge >= 0.3 is 12.2 Å². The highest BCUT2D eigenvalue weighted by atomic mass is 35.5. The van der Waals surface area contributed by atoms with E-state index in [0.717, 1.165) is 36.3 Å². The number of alkyl halides is 3. The molecule has 186 valence electrons. The minimum atomic E-state index is -4.48. The summed E-state index contributed by atoms with van der Waals surface area (Å²) in [5.74, 6) is 1.54. The zero-order chi connectivity index (χ0) is 24.6. The van der Waals surface area contributed by atoms with E-state index in [-0.39, 0.29) is 23.8 Å². The number of halogens is 4. The maximum absolute atomic E-state index is 13.2. The summed E-state index contributed by atoms with van der Waals surface area (Å²) in [6.07, 6.45) is -0.737. The van der Waals surface area contributed by atoms with Crippen LogP contribution in [0, 0.1) is 11.8 Å². The molecule has 1 saturated heterocycles. The molecule has 1 aliphatic heterocycles. The molecule has 0 radical (unpaired) electrons. The molecule has 3 aromatic rings. The van der Waals surface area contributed by atoms with Gasteiger partial charge in [-0.2, -0.15) is 18.2 Å². The number of ether oxygens (including phenoxy) is 2. The highest BCUT2D eigenvalue weighted by Gasteiger charge is 2.43. The van der Waals surface area contributed by atoms with Crippen molar-refractivity contribution in [1.29, 1.82) is 0 Å². The van der Waals surface area contributed by atoms with Crippen LogP contribution in [0.1, 0.15) is 12.8 Å². The second-order valence-corrected chi connectivity index (χ2v) is 9.22. The topological polar surface area (TPSA) is 77.3 Å². The van der Waals surface area contributed by atoms with Gasteiger partial charge in [0.25, 0.3) is 0 Å². The van der Waals surface area contributed by atoms with Gasteiger partial charge in [-0.1, -0.05) is 17.7 Å². The van der Waals surface area contributed by atoms with E-state index in [0.29, 0.717) is 22.7 Å². The van der Waals surface area contributed by atoms with Crippen LogP contribution in [0.25, 0.3) is 0 Å². The van der Waals surface area contributed by atoms with Crippen LogP contribution in [0.5, 0.6) is 17.6 Å². The summed E-state index contributed by atoms with van der Waals surface area (Å²) in [4.78, 5) is 10.7. The van der Waals surface area contributed by atoms with E-state index in [1.807, 2.05) is 12.1 Å². The fourth-order valence-corrected chi connectivity index (χ4v) is 5.08. The lowest BCUT2D eigenvalue weighted by atomic mass is 9.92. The lowest BCUT2D eigenvalue weighted by molar-refractivity contribution is -0.143. The first kappa shape index (κ1) is 23.5. The monoisotopic (exact) mass is 508 g/mol. The van der Waals surface area contributed by atoms with Gasteiger partial charge in [-0.05, 0) is 48.9 Å². The maximum Gasteiger partial charge on any atom is 0.408 e. The van der Waals surface area contributed by atoms with Crippen molar-refractivity contribution in [2.75, 3.05) is 30.4 Å². The molecule has 1 aromatic carbocycles. The smallest absolute Gasteiger partial charge is 0.408 e. The Bertz CT molecular complexity index is 1180. The molecule has 1 saturated carbocycles. The Morgan fingerprint density at radius 2 is 1.91 bits per heavy atom. The number of rotatable bonds is 7. The summed E-state index contributed by atoms with van der Waals surface area (Å²) in [6, 6.07) is 10.1. The number of nitrogens with zero attached hydrogens (tertiary/aromatic N) is 5. The Morgan fingerprint density at radius 3 is 2.60 bits per heavy atom. The first-order valence-corrected chi connectivity index (χ1v) is 11.6. The Labute approximate surface area is 205 Å². The van der Waals surface area contributed by atoms with E-state index >= 15 is 0 Å². The van der Waals surface area contributed by atoms with E-state index in [9.17, 15) is 13.2 Å². The van der Waals surface area contributed by atoms with Crippen LogP contribution >= 0.6 is 11.6 Å². The molecular weight excluding hydrogens is 485 g/mol. The molecule has 5 rings (SSSR count). The van der Waals surface area contributed by atoms with Crippen molar-refractivity contribution in [3.63, 3.8) is 0 Å². The van der Waals surface area contributed by atoms with Gasteiger partial charge in [-0.15, -0.1) is 5.10 Å². The summed E-state index contributed by atoms with van der Waals surface area (Å²) >= 11 is 5.97. The summed E-state index contributed by atoms with van der Waals surface area (Å²) in [5.41, 5.74) is 1.04. The molecule has 8 nitrogen and oxygen atoms in total. The van der Waals surface area contributed by atoms with Gasteiger partial charge < -0.3 is 19.7 Å². The standard InChI is InChI=1S/C23H24ClF3N6O2/c1-34-19-10-17(7-8-28-19)32-11-14-5-6-15(12-32)20(14)29-21-30-22(33(31-21)13-23(25,26)27)35-18-4-2-3-16(24)9-18/h2-4,7-10,14-15,20H,5-6,11-13H2,1H3,(H,29,31). The third-order valence-electron chi connectivity index (χ3n) is 6.39. The maximum atomic E-state index is 13.2. The van der Waals surface area contributed by atoms with Gasteiger partial charge in [0.05, 0.1) is 7.11 Å². The third kappa shape index (κ3) is 5.39. The Hall–Kier alpha value is -3.21. The third-order valence-corrected chi connectivity index (χ3v) is 6.63. The normalized spacial score (nSPS) is 21.7. The number of benzene rings is 1. The minimum absolute atomic E-state index is 0.0516. The van der Waals surface area contributed by atoms with Crippen molar-refractivity contribution in [2.24, 2.45) is 11.8 Å². The second kappa shape index (κ2) is 9.44. The SMILES string of the molecule is COc1cc(N2CC3CCC(C2)C3Nc2nc(Oc3cccc(Cl)c3)n(CC(F)(F)F)n2)ccn1. The molecule has 0 amide bonds. The molecular formula is C23H24ClF3N6O2. The average molecular weight is 509 g/mol. The quantitative estimate of drug-likeness (QED) is 0.480. The zero-order valence-electron chi connectivity index (χ0n) is 18.9. The van der Waals surface area contributed by atoms with Gasteiger partial charge in [-0.25, -0.2) is 9.67 Å². The molecule has 1 N–H and O–H groups in total. The molecule has 2 fully saturated rings. The number of pyridine rings is 1. The molecule has 2 bridgehead atoms. The largest absolute Gasteiger partial charge is 0.481 e. The molecule has 2 aliphatic rings. The van der Waals surface area contributed by atoms with E-state index in [2.05, 4.69) is 25.3 Å². The van der Waals surface area contributed by atoms with Crippen molar-refractivity contribution in [3.8, 4) is 17.6 Å². The van der Waals surface area contributed by atoms with Crippen LogP contribution in [-0.2, 0) is 6.54 Å². The molecule has 2 unspecified atom stereocenters. The molecule has 1 aliphatic carbocycles. The number of piperidine rings is 1. The van der Waals surface area contributed by atoms with Crippen LogP contribution in [-0.4, -0.2) is 52.2 Å². The predicted octanol–water partition coefficient (Wildman–Crippen LogP) is 5.02. The highest BCUT2D eigenvalue weighted by molar-refractivity contribution is 6.30. The van der Waals surface area contributed by atoms with Crippen LogP contribution in [0.3, 0.4) is 0 Å².